The molecule has 1 amide bonds. The third-order valence-corrected chi connectivity index (χ3v) is 7.37. The highest BCUT2D eigenvalue weighted by Crippen LogP contribution is 2.38. The van der Waals surface area contributed by atoms with Gasteiger partial charge >= 0.3 is 0 Å². The molecule has 2 N–H and O–H groups in total. The van der Waals surface area contributed by atoms with Crippen molar-refractivity contribution < 1.29 is 9.53 Å². The summed E-state index contributed by atoms with van der Waals surface area (Å²) in [4.78, 5) is 21.0. The largest absolute Gasteiger partial charge is 0.379 e. The highest BCUT2D eigenvalue weighted by molar-refractivity contribution is 5.99. The summed E-state index contributed by atoms with van der Waals surface area (Å²) in [5, 5.41) is 9.09. The lowest BCUT2D eigenvalue weighted by Crippen LogP contribution is -2.51. The maximum Gasteiger partial charge on any atom is 0.244 e. The lowest BCUT2D eigenvalue weighted by Gasteiger charge is -2.34. The van der Waals surface area contributed by atoms with Crippen molar-refractivity contribution in [2.24, 2.45) is 5.41 Å². The molecule has 7 nitrogen and oxygen atoms in total. The van der Waals surface area contributed by atoms with Crippen LogP contribution < -0.4 is 4.90 Å². The van der Waals surface area contributed by atoms with Crippen LogP contribution in [0.1, 0.15) is 45.4 Å². The molecule has 1 aromatic carbocycles. The topological polar surface area (TPSA) is 77.2 Å². The summed E-state index contributed by atoms with van der Waals surface area (Å²) >= 11 is 0. The van der Waals surface area contributed by atoms with Crippen LogP contribution in [-0.2, 0) is 22.4 Å². The Morgan fingerprint density at radius 3 is 2.82 bits per heavy atom. The molecule has 1 aliphatic carbocycles. The molecule has 0 saturated carbocycles. The van der Waals surface area contributed by atoms with Crippen LogP contribution in [0.5, 0.6) is 0 Å². The third kappa shape index (κ3) is 4.20. The fraction of sp³-hybridized carbons (Fsp3) is 0.538. The molecule has 1 fully saturated rings. The molecule has 3 heterocycles. The summed E-state index contributed by atoms with van der Waals surface area (Å²) in [6.07, 6.45) is 3.26. The van der Waals surface area contributed by atoms with Gasteiger partial charge in [-0.25, -0.2) is 0 Å². The average Bonchev–Trinajstić information content (AvgIpc) is 3.41. The zero-order valence-electron chi connectivity index (χ0n) is 20.2. The predicted molar refractivity (Wildman–Crippen MR) is 132 cm³/mol. The lowest BCUT2D eigenvalue weighted by molar-refractivity contribution is -0.124. The zero-order chi connectivity index (χ0) is 23.2. The minimum absolute atomic E-state index is 0.134. The van der Waals surface area contributed by atoms with Crippen molar-refractivity contribution in [3.8, 4) is 11.4 Å². The van der Waals surface area contributed by atoms with Gasteiger partial charge in [-0.15, -0.1) is 0 Å². The summed E-state index contributed by atoms with van der Waals surface area (Å²) in [5.74, 6) is 0.134. The number of fused-ring (bicyclic) bond motifs is 2. The lowest BCUT2D eigenvalue weighted by atomic mass is 9.76. The Labute approximate surface area is 195 Å². The van der Waals surface area contributed by atoms with Crippen LogP contribution in [0.4, 0.5) is 5.69 Å². The predicted octanol–water partition coefficient (Wildman–Crippen LogP) is 4.15. The molecule has 3 aromatic rings. The van der Waals surface area contributed by atoms with E-state index in [-0.39, 0.29) is 11.9 Å². The quantitative estimate of drug-likeness (QED) is 0.614. The Morgan fingerprint density at radius 1 is 1.27 bits per heavy atom. The number of morpholine rings is 1. The monoisotopic (exact) mass is 449 g/mol. The van der Waals surface area contributed by atoms with Crippen molar-refractivity contribution in [2.45, 2.75) is 53.0 Å². The standard InChI is InChI=1S/C26H35N5O2/c1-5-31(25(32)17(2)30-10-12-33-13-11-30)19-7-6-18-14-22(27-21(18)15-19)24-20-8-9-26(3,4)16-23(20)28-29-24/h6-7,14-15,17,27H,5,8-13,16H2,1-4H3,(H,28,29). The molecule has 0 bridgehead atoms. The molecule has 176 valence electrons. The molecular formula is C26H35N5O2. The Hall–Kier alpha value is -2.64. The van der Waals surface area contributed by atoms with Crippen molar-refractivity contribution >= 4 is 22.5 Å². The van der Waals surface area contributed by atoms with Crippen LogP contribution >= 0.6 is 0 Å². The number of aromatic nitrogens is 3. The zero-order valence-corrected chi connectivity index (χ0v) is 20.2. The van der Waals surface area contributed by atoms with E-state index in [1.807, 2.05) is 18.7 Å². The van der Waals surface area contributed by atoms with Gasteiger partial charge in [0.25, 0.3) is 0 Å². The molecule has 1 unspecified atom stereocenters. The van der Waals surface area contributed by atoms with Crippen LogP contribution in [0.2, 0.25) is 0 Å². The van der Waals surface area contributed by atoms with E-state index in [1.165, 1.54) is 17.7 Å². The summed E-state index contributed by atoms with van der Waals surface area (Å²) in [6, 6.07) is 8.25. The number of ether oxygens (including phenoxy) is 1. The van der Waals surface area contributed by atoms with Gasteiger partial charge in [0.1, 0.15) is 5.69 Å². The van der Waals surface area contributed by atoms with Crippen molar-refractivity contribution in [3.63, 3.8) is 0 Å². The number of nitrogens with zero attached hydrogens (tertiary/aromatic N) is 3. The van der Waals surface area contributed by atoms with Crippen LogP contribution in [0.15, 0.2) is 24.3 Å². The normalized spacial score (nSPS) is 19.4. The number of carbonyl (C=O) groups excluding carboxylic acids is 1. The first kappa shape index (κ1) is 22.2. The van der Waals surface area contributed by atoms with Crippen molar-refractivity contribution in [1.29, 1.82) is 0 Å². The van der Waals surface area contributed by atoms with Crippen molar-refractivity contribution in [2.75, 3.05) is 37.7 Å². The fourth-order valence-electron chi connectivity index (χ4n) is 5.29. The van der Waals surface area contributed by atoms with E-state index in [2.05, 4.69) is 58.2 Å². The number of carbonyl (C=O) groups is 1. The number of rotatable bonds is 5. The molecule has 0 radical (unpaired) electrons. The number of benzene rings is 1. The van der Waals surface area contributed by atoms with E-state index in [4.69, 9.17) is 4.74 Å². The van der Waals surface area contributed by atoms with Crippen LogP contribution in [-0.4, -0.2) is 64.9 Å². The van der Waals surface area contributed by atoms with Gasteiger partial charge in [0, 0.05) is 47.5 Å². The second-order valence-corrected chi connectivity index (χ2v) is 10.2. The summed E-state index contributed by atoms with van der Waals surface area (Å²) in [6.45, 7) is 12.3. The SMILES string of the molecule is CCN(C(=O)C(C)N1CCOCC1)c1ccc2cc(-c3n[nH]c4c3CCC(C)(C)C4)[nH]c2c1. The van der Waals surface area contributed by atoms with Crippen LogP contribution in [0.25, 0.3) is 22.3 Å². The van der Waals surface area contributed by atoms with E-state index < -0.39 is 0 Å². The summed E-state index contributed by atoms with van der Waals surface area (Å²) in [7, 11) is 0. The number of anilines is 1. The van der Waals surface area contributed by atoms with E-state index in [9.17, 15) is 4.79 Å². The Bertz CT molecular complexity index is 1150. The number of likely N-dealkylation sites (N-methyl/N-ethyl adjacent to an activating group) is 1. The first-order valence-corrected chi connectivity index (χ1v) is 12.2. The summed E-state index contributed by atoms with van der Waals surface area (Å²) in [5.41, 5.74) is 6.94. The first-order chi connectivity index (χ1) is 15.9. The van der Waals surface area contributed by atoms with Crippen LogP contribution in [0.3, 0.4) is 0 Å². The van der Waals surface area contributed by atoms with E-state index >= 15 is 0 Å². The van der Waals surface area contributed by atoms with E-state index in [0.29, 0.717) is 25.2 Å². The van der Waals surface area contributed by atoms with Gasteiger partial charge in [0.15, 0.2) is 0 Å². The highest BCUT2D eigenvalue weighted by atomic mass is 16.5. The number of aromatic amines is 2. The molecule has 33 heavy (non-hydrogen) atoms. The average molecular weight is 450 g/mol. The third-order valence-electron chi connectivity index (χ3n) is 7.37. The number of hydrogen-bond donors (Lipinski definition) is 2. The van der Waals surface area contributed by atoms with Crippen LogP contribution in [0, 0.1) is 5.41 Å². The number of H-pyrrole nitrogens is 2. The van der Waals surface area contributed by atoms with Crippen molar-refractivity contribution in [1.82, 2.24) is 20.1 Å². The van der Waals surface area contributed by atoms with E-state index in [1.54, 1.807) is 0 Å². The molecular weight excluding hydrogens is 414 g/mol. The van der Waals surface area contributed by atoms with Gasteiger partial charge in [-0.2, -0.15) is 5.10 Å². The highest BCUT2D eigenvalue weighted by Gasteiger charge is 2.30. The van der Waals surface area contributed by atoms with Crippen molar-refractivity contribution in [3.05, 3.63) is 35.5 Å². The van der Waals surface area contributed by atoms with E-state index in [0.717, 1.165) is 53.9 Å². The molecule has 5 rings (SSSR count). The summed E-state index contributed by atoms with van der Waals surface area (Å²) < 4.78 is 5.45. The molecule has 2 aliphatic rings. The van der Waals surface area contributed by atoms with Gasteiger partial charge < -0.3 is 14.6 Å². The number of amides is 1. The Kier molecular flexibility index (Phi) is 5.79. The molecule has 2 aromatic heterocycles. The van der Waals surface area contributed by atoms with Gasteiger partial charge in [-0.1, -0.05) is 19.9 Å². The maximum atomic E-state index is 13.3. The smallest absolute Gasteiger partial charge is 0.244 e. The Balaban J connectivity index is 1.41. The van der Waals surface area contributed by atoms with Gasteiger partial charge in [-0.05, 0) is 56.7 Å². The maximum absolute atomic E-state index is 13.3. The fourth-order valence-corrected chi connectivity index (χ4v) is 5.29. The molecule has 7 heteroatoms. The molecule has 0 spiro atoms. The number of nitrogens with one attached hydrogen (secondary N) is 2. The molecule has 1 atom stereocenters. The minimum atomic E-state index is -0.163. The first-order valence-electron chi connectivity index (χ1n) is 12.2. The minimum Gasteiger partial charge on any atom is -0.379 e. The van der Waals surface area contributed by atoms with Gasteiger partial charge in [0.05, 0.1) is 24.9 Å². The second kappa shape index (κ2) is 8.61. The second-order valence-electron chi connectivity index (χ2n) is 10.2. The van der Waals surface area contributed by atoms with Gasteiger partial charge in [-0.3, -0.25) is 14.8 Å². The molecule has 1 saturated heterocycles. The molecule has 1 aliphatic heterocycles. The Morgan fingerprint density at radius 2 is 2.06 bits per heavy atom. The van der Waals surface area contributed by atoms with Gasteiger partial charge in [0.2, 0.25) is 5.91 Å². The number of hydrogen-bond acceptors (Lipinski definition) is 4.